The van der Waals surface area contributed by atoms with Crippen molar-refractivity contribution >= 4 is 5.91 Å². The van der Waals surface area contributed by atoms with Gasteiger partial charge in [0.2, 0.25) is 5.91 Å². The molecule has 0 aliphatic carbocycles. The molecule has 0 saturated carbocycles. The zero-order chi connectivity index (χ0) is 9.68. The summed E-state index contributed by atoms with van der Waals surface area (Å²) in [4.78, 5) is 14.5. The molecule has 1 aromatic rings. The molecule has 4 heteroatoms. The molecule has 0 fully saturated rings. The van der Waals surface area contributed by atoms with Crippen LogP contribution in [0.2, 0.25) is 0 Å². The van der Waals surface area contributed by atoms with Gasteiger partial charge in [0.15, 0.2) is 0 Å². The standard InChI is InChI=1S/C9H11FN2O/c1-2-9(13)12-5-7-3-8(10)6-11-4-7/h3-4,6H,2,5H2,1H3,(H,12,13). The van der Waals surface area contributed by atoms with Gasteiger partial charge in [0.05, 0.1) is 6.20 Å². The van der Waals surface area contributed by atoms with Gasteiger partial charge in [-0.1, -0.05) is 6.92 Å². The van der Waals surface area contributed by atoms with Crippen molar-refractivity contribution in [3.8, 4) is 0 Å². The van der Waals surface area contributed by atoms with E-state index in [4.69, 9.17) is 0 Å². The first-order valence-electron chi connectivity index (χ1n) is 4.08. The van der Waals surface area contributed by atoms with E-state index in [0.717, 1.165) is 6.20 Å². The number of carbonyl (C=O) groups is 1. The molecule has 1 amide bonds. The summed E-state index contributed by atoms with van der Waals surface area (Å²) in [5.41, 5.74) is 0.668. The maximum Gasteiger partial charge on any atom is 0.219 e. The van der Waals surface area contributed by atoms with Crippen molar-refractivity contribution < 1.29 is 9.18 Å². The molecular weight excluding hydrogens is 171 g/mol. The number of halogens is 1. The lowest BCUT2D eigenvalue weighted by Crippen LogP contribution is -2.21. The maximum atomic E-state index is 12.6. The van der Waals surface area contributed by atoms with Crippen molar-refractivity contribution in [2.75, 3.05) is 0 Å². The Labute approximate surface area is 76.0 Å². The van der Waals surface area contributed by atoms with Crippen molar-refractivity contribution in [2.24, 2.45) is 0 Å². The molecule has 70 valence electrons. The molecule has 1 aromatic heterocycles. The maximum absolute atomic E-state index is 12.6. The van der Waals surface area contributed by atoms with Gasteiger partial charge < -0.3 is 5.32 Å². The van der Waals surface area contributed by atoms with E-state index >= 15 is 0 Å². The number of hydrogen-bond acceptors (Lipinski definition) is 2. The number of pyridine rings is 1. The van der Waals surface area contributed by atoms with Crippen LogP contribution in [0.3, 0.4) is 0 Å². The number of hydrogen-bond donors (Lipinski definition) is 1. The van der Waals surface area contributed by atoms with E-state index in [2.05, 4.69) is 10.3 Å². The number of aromatic nitrogens is 1. The fraction of sp³-hybridized carbons (Fsp3) is 0.333. The summed E-state index contributed by atoms with van der Waals surface area (Å²) in [6.07, 6.45) is 3.09. The minimum absolute atomic E-state index is 0.0516. The number of carbonyl (C=O) groups excluding carboxylic acids is 1. The monoisotopic (exact) mass is 182 g/mol. The van der Waals surface area contributed by atoms with Gasteiger partial charge in [0, 0.05) is 19.2 Å². The number of rotatable bonds is 3. The Morgan fingerprint density at radius 3 is 3.00 bits per heavy atom. The fourth-order valence-corrected chi connectivity index (χ4v) is 0.878. The number of nitrogens with one attached hydrogen (secondary N) is 1. The molecule has 0 spiro atoms. The average Bonchev–Trinajstić information content (AvgIpc) is 2.14. The largest absolute Gasteiger partial charge is 0.352 e. The highest BCUT2D eigenvalue weighted by atomic mass is 19.1. The van der Waals surface area contributed by atoms with Crippen LogP contribution in [0, 0.1) is 5.82 Å². The van der Waals surface area contributed by atoms with E-state index in [0.29, 0.717) is 18.5 Å². The third-order valence-electron chi connectivity index (χ3n) is 1.57. The van der Waals surface area contributed by atoms with Crippen molar-refractivity contribution in [2.45, 2.75) is 19.9 Å². The molecule has 0 aromatic carbocycles. The van der Waals surface area contributed by atoms with Gasteiger partial charge in [0.25, 0.3) is 0 Å². The average molecular weight is 182 g/mol. The van der Waals surface area contributed by atoms with E-state index in [1.54, 1.807) is 6.92 Å². The zero-order valence-corrected chi connectivity index (χ0v) is 7.38. The summed E-state index contributed by atoms with van der Waals surface area (Å²) in [5, 5.41) is 2.63. The quantitative estimate of drug-likeness (QED) is 0.764. The lowest BCUT2D eigenvalue weighted by atomic mass is 10.3. The van der Waals surface area contributed by atoms with Crippen molar-refractivity contribution in [3.63, 3.8) is 0 Å². The molecule has 0 aliphatic rings. The van der Waals surface area contributed by atoms with Gasteiger partial charge in [-0.3, -0.25) is 9.78 Å². The highest BCUT2D eigenvalue weighted by molar-refractivity contribution is 5.75. The number of nitrogens with zero attached hydrogens (tertiary/aromatic N) is 1. The molecule has 1 rings (SSSR count). The van der Waals surface area contributed by atoms with E-state index in [-0.39, 0.29) is 11.7 Å². The van der Waals surface area contributed by atoms with Crippen molar-refractivity contribution in [1.82, 2.24) is 10.3 Å². The normalized spacial score (nSPS) is 9.69. The minimum atomic E-state index is -0.386. The first kappa shape index (κ1) is 9.64. The Morgan fingerprint density at radius 1 is 1.62 bits per heavy atom. The van der Waals surface area contributed by atoms with Crippen molar-refractivity contribution in [1.29, 1.82) is 0 Å². The van der Waals surface area contributed by atoms with Crippen LogP contribution >= 0.6 is 0 Å². The topological polar surface area (TPSA) is 42.0 Å². The summed E-state index contributed by atoms with van der Waals surface area (Å²) in [6.45, 7) is 2.09. The molecule has 1 N–H and O–H groups in total. The predicted molar refractivity (Wildman–Crippen MR) is 46.3 cm³/mol. The van der Waals surface area contributed by atoms with Gasteiger partial charge in [-0.05, 0) is 11.6 Å². The fourth-order valence-electron chi connectivity index (χ4n) is 0.878. The van der Waals surface area contributed by atoms with Gasteiger partial charge in [-0.2, -0.15) is 0 Å². The van der Waals surface area contributed by atoms with E-state index in [1.165, 1.54) is 12.3 Å². The molecule has 0 bridgehead atoms. The second-order valence-electron chi connectivity index (χ2n) is 2.64. The first-order valence-corrected chi connectivity index (χ1v) is 4.08. The SMILES string of the molecule is CCC(=O)NCc1cncc(F)c1. The van der Waals surface area contributed by atoms with Crippen LogP contribution in [0.25, 0.3) is 0 Å². The van der Waals surface area contributed by atoms with Crippen LogP contribution in [0.4, 0.5) is 4.39 Å². The summed E-state index contributed by atoms with van der Waals surface area (Å²) < 4.78 is 12.6. The van der Waals surface area contributed by atoms with Gasteiger partial charge in [-0.25, -0.2) is 4.39 Å². The molecule has 0 radical (unpaired) electrons. The summed E-state index contributed by atoms with van der Waals surface area (Å²) in [7, 11) is 0. The highest BCUT2D eigenvalue weighted by Crippen LogP contribution is 1.99. The Morgan fingerprint density at radius 2 is 2.38 bits per heavy atom. The zero-order valence-electron chi connectivity index (χ0n) is 7.38. The highest BCUT2D eigenvalue weighted by Gasteiger charge is 1.98. The van der Waals surface area contributed by atoms with E-state index in [9.17, 15) is 9.18 Å². The van der Waals surface area contributed by atoms with Crippen LogP contribution in [0.1, 0.15) is 18.9 Å². The third kappa shape index (κ3) is 3.19. The van der Waals surface area contributed by atoms with Crippen LogP contribution < -0.4 is 5.32 Å². The van der Waals surface area contributed by atoms with Crippen LogP contribution in [0.15, 0.2) is 18.5 Å². The molecular formula is C9H11FN2O. The van der Waals surface area contributed by atoms with Crippen molar-refractivity contribution in [3.05, 3.63) is 29.8 Å². The van der Waals surface area contributed by atoms with E-state index < -0.39 is 0 Å². The third-order valence-corrected chi connectivity index (χ3v) is 1.57. The second kappa shape index (κ2) is 4.54. The first-order chi connectivity index (χ1) is 6.22. The Kier molecular flexibility index (Phi) is 3.37. The molecule has 3 nitrogen and oxygen atoms in total. The molecule has 0 atom stereocenters. The molecule has 0 unspecified atom stereocenters. The summed E-state index contributed by atoms with van der Waals surface area (Å²) in [5.74, 6) is -0.437. The van der Waals surface area contributed by atoms with Crippen LogP contribution in [0.5, 0.6) is 0 Å². The van der Waals surface area contributed by atoms with Crippen LogP contribution in [-0.2, 0) is 11.3 Å². The molecule has 0 saturated heterocycles. The predicted octanol–water partition coefficient (Wildman–Crippen LogP) is 1.25. The van der Waals surface area contributed by atoms with Gasteiger partial charge >= 0.3 is 0 Å². The molecule has 0 aliphatic heterocycles. The molecule has 1 heterocycles. The number of amides is 1. The lowest BCUT2D eigenvalue weighted by molar-refractivity contribution is -0.120. The second-order valence-corrected chi connectivity index (χ2v) is 2.64. The van der Waals surface area contributed by atoms with Gasteiger partial charge in [-0.15, -0.1) is 0 Å². The minimum Gasteiger partial charge on any atom is -0.352 e. The summed E-state index contributed by atoms with van der Waals surface area (Å²) in [6, 6.07) is 1.35. The summed E-state index contributed by atoms with van der Waals surface area (Å²) >= 11 is 0. The smallest absolute Gasteiger partial charge is 0.219 e. The lowest BCUT2D eigenvalue weighted by Gasteiger charge is -2.02. The Bertz CT molecular complexity index is 301. The van der Waals surface area contributed by atoms with Gasteiger partial charge in [0.1, 0.15) is 5.82 Å². The Hall–Kier alpha value is -1.45. The molecule has 13 heavy (non-hydrogen) atoms. The van der Waals surface area contributed by atoms with Crippen LogP contribution in [-0.4, -0.2) is 10.9 Å². The van der Waals surface area contributed by atoms with E-state index in [1.807, 2.05) is 0 Å². The Balaban J connectivity index is 2.50.